The van der Waals surface area contributed by atoms with Gasteiger partial charge in [0.25, 0.3) is 0 Å². The Hall–Kier alpha value is -2.29. The van der Waals surface area contributed by atoms with Gasteiger partial charge in [-0.2, -0.15) is 0 Å². The van der Waals surface area contributed by atoms with Crippen LogP contribution in [0.2, 0.25) is 0 Å². The topological polar surface area (TPSA) is 35.5 Å². The van der Waals surface area contributed by atoms with Gasteiger partial charge < -0.3 is 9.47 Å². The van der Waals surface area contributed by atoms with Crippen LogP contribution in [0.3, 0.4) is 0 Å². The van der Waals surface area contributed by atoms with Crippen molar-refractivity contribution in [3.63, 3.8) is 0 Å². The molecule has 98 valence electrons. The summed E-state index contributed by atoms with van der Waals surface area (Å²) in [7, 11) is 3.22. The van der Waals surface area contributed by atoms with Gasteiger partial charge in [-0.15, -0.1) is 0 Å². The largest absolute Gasteiger partial charge is 0.497 e. The molecule has 0 aliphatic heterocycles. The normalized spacial score (nSPS) is 10.1. The van der Waals surface area contributed by atoms with Crippen LogP contribution < -0.4 is 9.47 Å². The number of carbonyl (C=O) groups is 1. The number of benzene rings is 2. The van der Waals surface area contributed by atoms with Crippen molar-refractivity contribution in [2.24, 2.45) is 0 Å². The van der Waals surface area contributed by atoms with Crippen molar-refractivity contribution in [3.8, 4) is 22.6 Å². The number of hydrogen-bond donors (Lipinski definition) is 0. The predicted octanol–water partition coefficient (Wildman–Crippen LogP) is 3.49. The molecule has 0 aliphatic rings. The van der Waals surface area contributed by atoms with E-state index in [1.165, 1.54) is 0 Å². The van der Waals surface area contributed by atoms with E-state index in [4.69, 9.17) is 9.47 Å². The SMILES string of the molecule is COc1ccc(-c2ccc(OC)cc2C=O)c(C)c1. The number of ether oxygens (including phenoxy) is 2. The maximum atomic E-state index is 11.2. The predicted molar refractivity (Wildman–Crippen MR) is 75.1 cm³/mol. The first-order chi connectivity index (χ1) is 9.19. The molecule has 0 saturated carbocycles. The molecule has 0 aromatic heterocycles. The lowest BCUT2D eigenvalue weighted by atomic mass is 9.96. The molecule has 0 atom stereocenters. The Labute approximate surface area is 112 Å². The molecule has 0 fully saturated rings. The van der Waals surface area contributed by atoms with E-state index in [0.29, 0.717) is 11.3 Å². The molecular weight excluding hydrogens is 240 g/mol. The first-order valence-electron chi connectivity index (χ1n) is 5.98. The quantitative estimate of drug-likeness (QED) is 0.785. The van der Waals surface area contributed by atoms with Crippen molar-refractivity contribution in [3.05, 3.63) is 47.5 Å². The standard InChI is InChI=1S/C16H16O3/c1-11-8-13(18-2)4-6-15(11)16-7-5-14(19-3)9-12(16)10-17/h4-10H,1-3H3. The highest BCUT2D eigenvalue weighted by Gasteiger charge is 2.09. The highest BCUT2D eigenvalue weighted by molar-refractivity contribution is 5.89. The smallest absolute Gasteiger partial charge is 0.150 e. The van der Waals surface area contributed by atoms with E-state index >= 15 is 0 Å². The van der Waals surface area contributed by atoms with Gasteiger partial charge in [-0.3, -0.25) is 4.79 Å². The van der Waals surface area contributed by atoms with Gasteiger partial charge in [0, 0.05) is 5.56 Å². The van der Waals surface area contributed by atoms with Crippen molar-refractivity contribution < 1.29 is 14.3 Å². The van der Waals surface area contributed by atoms with Crippen LogP contribution in [0.15, 0.2) is 36.4 Å². The molecule has 2 aromatic rings. The minimum absolute atomic E-state index is 0.618. The van der Waals surface area contributed by atoms with E-state index < -0.39 is 0 Å². The molecule has 0 heterocycles. The third-order valence-corrected chi connectivity index (χ3v) is 3.11. The van der Waals surface area contributed by atoms with Gasteiger partial charge in [0.15, 0.2) is 6.29 Å². The fourth-order valence-corrected chi connectivity index (χ4v) is 2.08. The zero-order chi connectivity index (χ0) is 13.8. The van der Waals surface area contributed by atoms with E-state index in [2.05, 4.69) is 0 Å². The highest BCUT2D eigenvalue weighted by atomic mass is 16.5. The molecule has 0 bridgehead atoms. The Morgan fingerprint density at radius 1 is 0.895 bits per heavy atom. The molecule has 2 rings (SSSR count). The van der Waals surface area contributed by atoms with Gasteiger partial charge in [-0.25, -0.2) is 0 Å². The number of rotatable bonds is 4. The van der Waals surface area contributed by atoms with Crippen LogP contribution in [-0.4, -0.2) is 20.5 Å². The van der Waals surface area contributed by atoms with Crippen molar-refractivity contribution >= 4 is 6.29 Å². The number of hydrogen-bond acceptors (Lipinski definition) is 3. The summed E-state index contributed by atoms with van der Waals surface area (Å²) in [5.41, 5.74) is 3.60. The third-order valence-electron chi connectivity index (χ3n) is 3.11. The van der Waals surface area contributed by atoms with Gasteiger partial charge in [-0.1, -0.05) is 6.07 Å². The lowest BCUT2D eigenvalue weighted by Gasteiger charge is -2.11. The second kappa shape index (κ2) is 5.57. The average Bonchev–Trinajstić information content (AvgIpc) is 2.46. The molecule has 0 saturated heterocycles. The Morgan fingerprint density at radius 2 is 1.47 bits per heavy atom. The molecular formula is C16H16O3. The number of aldehydes is 1. The lowest BCUT2D eigenvalue weighted by Crippen LogP contribution is -1.93. The second-order valence-corrected chi connectivity index (χ2v) is 4.25. The van der Waals surface area contributed by atoms with E-state index in [-0.39, 0.29) is 0 Å². The molecule has 0 amide bonds. The third kappa shape index (κ3) is 2.60. The number of carbonyl (C=O) groups excluding carboxylic acids is 1. The van der Waals surface area contributed by atoms with E-state index in [1.54, 1.807) is 20.3 Å². The van der Waals surface area contributed by atoms with Crippen LogP contribution in [0.4, 0.5) is 0 Å². The lowest BCUT2D eigenvalue weighted by molar-refractivity contribution is 0.112. The summed E-state index contributed by atoms with van der Waals surface area (Å²) in [6.07, 6.45) is 0.849. The molecule has 3 nitrogen and oxygen atoms in total. The Balaban J connectivity index is 2.55. The molecule has 0 unspecified atom stereocenters. The fourth-order valence-electron chi connectivity index (χ4n) is 2.08. The highest BCUT2D eigenvalue weighted by Crippen LogP contribution is 2.30. The summed E-state index contributed by atoms with van der Waals surface area (Å²) in [6, 6.07) is 11.3. The molecule has 0 spiro atoms. The van der Waals surface area contributed by atoms with E-state index in [0.717, 1.165) is 28.7 Å². The maximum Gasteiger partial charge on any atom is 0.150 e. The van der Waals surface area contributed by atoms with E-state index in [1.807, 2.05) is 37.3 Å². The van der Waals surface area contributed by atoms with Crippen molar-refractivity contribution in [2.75, 3.05) is 14.2 Å². The van der Waals surface area contributed by atoms with Crippen LogP contribution in [0.25, 0.3) is 11.1 Å². The summed E-state index contributed by atoms with van der Waals surface area (Å²) in [6.45, 7) is 2.00. The van der Waals surface area contributed by atoms with E-state index in [9.17, 15) is 4.79 Å². The first kappa shape index (κ1) is 13.1. The van der Waals surface area contributed by atoms with Gasteiger partial charge in [-0.05, 0) is 53.9 Å². The zero-order valence-electron chi connectivity index (χ0n) is 11.3. The van der Waals surface area contributed by atoms with Crippen molar-refractivity contribution in [1.29, 1.82) is 0 Å². The van der Waals surface area contributed by atoms with Gasteiger partial charge in [0.2, 0.25) is 0 Å². The van der Waals surface area contributed by atoms with Crippen LogP contribution in [0.1, 0.15) is 15.9 Å². The number of aryl methyl sites for hydroxylation is 1. The maximum absolute atomic E-state index is 11.2. The summed E-state index contributed by atoms with van der Waals surface area (Å²) >= 11 is 0. The molecule has 0 N–H and O–H groups in total. The van der Waals surface area contributed by atoms with Gasteiger partial charge >= 0.3 is 0 Å². The Kier molecular flexibility index (Phi) is 3.85. The number of methoxy groups -OCH3 is 2. The Bertz CT molecular complexity index is 603. The monoisotopic (exact) mass is 256 g/mol. The zero-order valence-corrected chi connectivity index (χ0v) is 11.3. The minimum Gasteiger partial charge on any atom is -0.497 e. The molecule has 0 aliphatic carbocycles. The summed E-state index contributed by atoms with van der Waals surface area (Å²) in [5.74, 6) is 1.49. The van der Waals surface area contributed by atoms with Crippen molar-refractivity contribution in [2.45, 2.75) is 6.92 Å². The van der Waals surface area contributed by atoms with Gasteiger partial charge in [0.05, 0.1) is 14.2 Å². The van der Waals surface area contributed by atoms with Crippen molar-refractivity contribution in [1.82, 2.24) is 0 Å². The van der Waals surface area contributed by atoms with Crippen LogP contribution >= 0.6 is 0 Å². The fraction of sp³-hybridized carbons (Fsp3) is 0.188. The Morgan fingerprint density at radius 3 is 2.00 bits per heavy atom. The summed E-state index contributed by atoms with van der Waals surface area (Å²) in [4.78, 5) is 11.2. The first-order valence-corrected chi connectivity index (χ1v) is 5.98. The molecule has 3 heteroatoms. The molecule has 19 heavy (non-hydrogen) atoms. The average molecular weight is 256 g/mol. The van der Waals surface area contributed by atoms with Gasteiger partial charge in [0.1, 0.15) is 11.5 Å². The van der Waals surface area contributed by atoms with Crippen LogP contribution in [-0.2, 0) is 0 Å². The molecule has 0 radical (unpaired) electrons. The van der Waals surface area contributed by atoms with Crippen LogP contribution in [0.5, 0.6) is 11.5 Å². The van der Waals surface area contributed by atoms with Crippen LogP contribution in [0, 0.1) is 6.92 Å². The second-order valence-electron chi connectivity index (χ2n) is 4.25. The minimum atomic E-state index is 0.618. The molecule has 2 aromatic carbocycles. The summed E-state index contributed by atoms with van der Waals surface area (Å²) in [5, 5.41) is 0. The summed E-state index contributed by atoms with van der Waals surface area (Å²) < 4.78 is 10.3.